The second kappa shape index (κ2) is 6.61. The van der Waals surface area contributed by atoms with Gasteiger partial charge >= 0.3 is 6.03 Å². The monoisotopic (exact) mass is 295 g/mol. The summed E-state index contributed by atoms with van der Waals surface area (Å²) >= 11 is 5.83. The number of anilines is 1. The Bertz CT molecular complexity index is 490. The second-order valence-electron chi connectivity index (χ2n) is 4.78. The van der Waals surface area contributed by atoms with Gasteiger partial charge in [-0.05, 0) is 30.7 Å². The van der Waals surface area contributed by atoms with Gasteiger partial charge in [-0.3, -0.25) is 4.79 Å². The molecule has 1 aliphatic rings. The number of carbonyl (C=O) groups is 2. The Balaban J connectivity index is 1.93. The predicted octanol–water partition coefficient (Wildman–Crippen LogP) is 2.15. The molecule has 5 nitrogen and oxygen atoms in total. The van der Waals surface area contributed by atoms with Crippen molar-refractivity contribution in [2.75, 3.05) is 18.0 Å². The van der Waals surface area contributed by atoms with Crippen molar-refractivity contribution in [2.24, 2.45) is 0 Å². The molecule has 1 saturated heterocycles. The zero-order chi connectivity index (χ0) is 14.5. The molecule has 20 heavy (non-hydrogen) atoms. The first-order valence-electron chi connectivity index (χ1n) is 6.70. The molecular weight excluding hydrogens is 278 g/mol. The third-order valence-electron chi connectivity index (χ3n) is 3.13. The summed E-state index contributed by atoms with van der Waals surface area (Å²) in [4.78, 5) is 25.2. The highest BCUT2D eigenvalue weighted by Gasteiger charge is 2.31. The van der Waals surface area contributed by atoms with Crippen LogP contribution in [0.2, 0.25) is 5.02 Å². The molecule has 1 heterocycles. The van der Waals surface area contributed by atoms with Crippen LogP contribution in [0.15, 0.2) is 24.3 Å². The van der Waals surface area contributed by atoms with Crippen molar-refractivity contribution in [1.82, 2.24) is 10.6 Å². The Hall–Kier alpha value is -1.75. The summed E-state index contributed by atoms with van der Waals surface area (Å²) in [6, 6.07) is 6.73. The van der Waals surface area contributed by atoms with Crippen molar-refractivity contribution < 1.29 is 9.59 Å². The van der Waals surface area contributed by atoms with E-state index in [4.69, 9.17) is 11.6 Å². The number of nitrogens with one attached hydrogen (secondary N) is 2. The van der Waals surface area contributed by atoms with Crippen molar-refractivity contribution in [3.05, 3.63) is 29.3 Å². The van der Waals surface area contributed by atoms with E-state index in [0.717, 1.165) is 12.1 Å². The quantitative estimate of drug-likeness (QED) is 0.894. The minimum absolute atomic E-state index is 0.00751. The Kier molecular flexibility index (Phi) is 4.84. The zero-order valence-electron chi connectivity index (χ0n) is 11.4. The molecule has 1 atom stereocenters. The standard InChI is InChI=1S/C14H18ClN3O2/c1-2-7-16-14(20)17-11-8-13(19)18(9-11)12-5-3-10(15)4-6-12/h3-6,11H,2,7-9H2,1H3,(H2,16,17,20)/t11-/m0/s1. The largest absolute Gasteiger partial charge is 0.338 e. The summed E-state index contributed by atoms with van der Waals surface area (Å²) in [5.74, 6) is 0.00751. The van der Waals surface area contributed by atoms with Gasteiger partial charge in [0, 0.05) is 30.2 Å². The lowest BCUT2D eigenvalue weighted by Crippen LogP contribution is -2.43. The number of hydrogen-bond acceptors (Lipinski definition) is 2. The average molecular weight is 296 g/mol. The van der Waals surface area contributed by atoms with Crippen LogP contribution in [-0.4, -0.2) is 31.1 Å². The average Bonchev–Trinajstić information content (AvgIpc) is 2.78. The lowest BCUT2D eigenvalue weighted by atomic mass is 10.2. The first-order valence-corrected chi connectivity index (χ1v) is 7.08. The summed E-state index contributed by atoms with van der Waals surface area (Å²) < 4.78 is 0. The first kappa shape index (κ1) is 14.7. The lowest BCUT2D eigenvalue weighted by Gasteiger charge is -2.17. The molecule has 0 saturated carbocycles. The summed E-state index contributed by atoms with van der Waals surface area (Å²) in [5, 5.41) is 6.19. The van der Waals surface area contributed by atoms with Crippen molar-refractivity contribution in [1.29, 1.82) is 0 Å². The number of hydrogen-bond donors (Lipinski definition) is 2. The van der Waals surface area contributed by atoms with E-state index in [1.54, 1.807) is 29.2 Å². The van der Waals surface area contributed by atoms with Crippen LogP contribution in [0.5, 0.6) is 0 Å². The molecule has 0 unspecified atom stereocenters. The topological polar surface area (TPSA) is 61.4 Å². The van der Waals surface area contributed by atoms with Crippen molar-refractivity contribution in [3.63, 3.8) is 0 Å². The van der Waals surface area contributed by atoms with E-state index < -0.39 is 0 Å². The van der Waals surface area contributed by atoms with Crippen LogP contribution >= 0.6 is 11.6 Å². The molecule has 108 valence electrons. The molecule has 0 bridgehead atoms. The molecule has 1 aliphatic heterocycles. The number of carbonyl (C=O) groups excluding carboxylic acids is 2. The van der Waals surface area contributed by atoms with Gasteiger partial charge in [0.25, 0.3) is 0 Å². The maximum atomic E-state index is 12.0. The Morgan fingerprint density at radius 2 is 2.10 bits per heavy atom. The van der Waals surface area contributed by atoms with Gasteiger partial charge in [0.05, 0.1) is 6.04 Å². The van der Waals surface area contributed by atoms with Crippen LogP contribution in [0.25, 0.3) is 0 Å². The molecule has 0 radical (unpaired) electrons. The third kappa shape index (κ3) is 3.63. The van der Waals surface area contributed by atoms with Crippen molar-refractivity contribution in [2.45, 2.75) is 25.8 Å². The first-order chi connectivity index (χ1) is 9.60. The summed E-state index contributed by atoms with van der Waals surface area (Å²) in [5.41, 5.74) is 0.803. The van der Waals surface area contributed by atoms with Crippen molar-refractivity contribution >= 4 is 29.2 Å². The molecule has 3 amide bonds. The molecule has 1 aromatic carbocycles. The highest BCUT2D eigenvalue weighted by Crippen LogP contribution is 2.23. The van der Waals surface area contributed by atoms with Gasteiger partial charge in [0.1, 0.15) is 0 Å². The molecule has 0 aromatic heterocycles. The van der Waals surface area contributed by atoms with E-state index in [2.05, 4.69) is 10.6 Å². The third-order valence-corrected chi connectivity index (χ3v) is 3.39. The van der Waals surface area contributed by atoms with E-state index in [-0.39, 0.29) is 18.0 Å². The smallest absolute Gasteiger partial charge is 0.315 e. The Morgan fingerprint density at radius 3 is 2.75 bits per heavy atom. The highest BCUT2D eigenvalue weighted by molar-refractivity contribution is 6.30. The van der Waals surface area contributed by atoms with Gasteiger partial charge in [-0.1, -0.05) is 18.5 Å². The van der Waals surface area contributed by atoms with Crippen molar-refractivity contribution in [3.8, 4) is 0 Å². The number of urea groups is 1. The molecule has 2 rings (SSSR count). The normalized spacial score (nSPS) is 18.2. The van der Waals surface area contributed by atoms with Gasteiger partial charge < -0.3 is 15.5 Å². The number of halogens is 1. The molecule has 1 aromatic rings. The minimum atomic E-state index is -0.220. The number of benzene rings is 1. The van der Waals surface area contributed by atoms with Gasteiger partial charge in [-0.15, -0.1) is 0 Å². The zero-order valence-corrected chi connectivity index (χ0v) is 12.1. The fraction of sp³-hybridized carbons (Fsp3) is 0.429. The van der Waals surface area contributed by atoms with Gasteiger partial charge in [0.15, 0.2) is 0 Å². The van der Waals surface area contributed by atoms with Crippen LogP contribution in [0.4, 0.5) is 10.5 Å². The number of amides is 3. The Labute approximate surface area is 123 Å². The van der Waals surface area contributed by atoms with Crippen LogP contribution in [-0.2, 0) is 4.79 Å². The van der Waals surface area contributed by atoms with E-state index in [9.17, 15) is 9.59 Å². The number of rotatable bonds is 4. The molecule has 0 aliphatic carbocycles. The molecule has 2 N–H and O–H groups in total. The van der Waals surface area contributed by atoms with Crippen LogP contribution < -0.4 is 15.5 Å². The maximum absolute atomic E-state index is 12.0. The highest BCUT2D eigenvalue weighted by atomic mass is 35.5. The second-order valence-corrected chi connectivity index (χ2v) is 5.22. The minimum Gasteiger partial charge on any atom is -0.338 e. The molecule has 0 spiro atoms. The number of nitrogens with zero attached hydrogens (tertiary/aromatic N) is 1. The SMILES string of the molecule is CCCNC(=O)N[C@H]1CC(=O)N(c2ccc(Cl)cc2)C1. The molecular formula is C14H18ClN3O2. The fourth-order valence-electron chi connectivity index (χ4n) is 2.15. The van der Waals surface area contributed by atoms with Crippen LogP contribution in [0, 0.1) is 0 Å². The fourth-order valence-corrected chi connectivity index (χ4v) is 2.28. The summed E-state index contributed by atoms with van der Waals surface area (Å²) in [6.45, 7) is 3.11. The predicted molar refractivity (Wildman–Crippen MR) is 79.0 cm³/mol. The van der Waals surface area contributed by atoms with Gasteiger partial charge in [-0.25, -0.2) is 4.79 Å². The Morgan fingerprint density at radius 1 is 1.40 bits per heavy atom. The van der Waals surface area contributed by atoms with Crippen LogP contribution in [0.1, 0.15) is 19.8 Å². The van der Waals surface area contributed by atoms with E-state index in [1.807, 2.05) is 6.92 Å². The van der Waals surface area contributed by atoms with E-state index >= 15 is 0 Å². The van der Waals surface area contributed by atoms with E-state index in [1.165, 1.54) is 0 Å². The van der Waals surface area contributed by atoms with Crippen LogP contribution in [0.3, 0.4) is 0 Å². The lowest BCUT2D eigenvalue weighted by molar-refractivity contribution is -0.117. The molecule has 1 fully saturated rings. The summed E-state index contributed by atoms with van der Waals surface area (Å²) in [6.07, 6.45) is 1.20. The van der Waals surface area contributed by atoms with E-state index in [0.29, 0.717) is 24.5 Å². The summed E-state index contributed by atoms with van der Waals surface area (Å²) in [7, 11) is 0. The maximum Gasteiger partial charge on any atom is 0.315 e. The molecule has 6 heteroatoms. The van der Waals surface area contributed by atoms with Gasteiger partial charge in [-0.2, -0.15) is 0 Å². The van der Waals surface area contributed by atoms with Gasteiger partial charge in [0.2, 0.25) is 5.91 Å².